The lowest BCUT2D eigenvalue weighted by atomic mass is 10.1. The summed E-state index contributed by atoms with van der Waals surface area (Å²) in [4.78, 5) is 34.2. The number of hydrogen-bond acceptors (Lipinski definition) is 3. The number of carboxylic acids is 1. The third kappa shape index (κ3) is 6.21. The zero-order valence-corrected chi connectivity index (χ0v) is 11.2. The zero-order valence-electron chi connectivity index (χ0n) is 11.2. The Kier molecular flexibility index (Phi) is 6.21. The maximum atomic E-state index is 12.0. The number of carbonyl (C=O) groups is 3. The fraction of sp³-hybridized carbons (Fsp3) is 0.545. The number of rotatable bonds is 4. The number of halogens is 3. The molecule has 0 saturated heterocycles. The minimum atomic E-state index is -4.41. The van der Waals surface area contributed by atoms with E-state index < -0.39 is 37.0 Å². The molecule has 0 aromatic rings. The summed E-state index contributed by atoms with van der Waals surface area (Å²) in [6.07, 6.45) is -5.61. The van der Waals surface area contributed by atoms with E-state index >= 15 is 0 Å². The number of aliphatic carboxylic acids is 1. The monoisotopic (exact) mass is 296 g/mol. The van der Waals surface area contributed by atoms with Crippen LogP contribution in [0.1, 0.15) is 20.3 Å². The summed E-state index contributed by atoms with van der Waals surface area (Å²) in [7, 11) is 1.09. The summed E-state index contributed by atoms with van der Waals surface area (Å²) in [5.74, 6) is -2.29. The molecular formula is C11H15F3N2O4. The standard InChI is InChI=1S/C11H15F3N2O4/c1-6(7(2)9(18)19)8(17)15-10(20)16(3)5-4-11(12,13)14/h4-5H2,1-3H3,(H,18,19)(H,15,17,20). The molecule has 0 fully saturated rings. The van der Waals surface area contributed by atoms with Crippen LogP contribution in [0.2, 0.25) is 0 Å². The van der Waals surface area contributed by atoms with Gasteiger partial charge in [0.25, 0.3) is 5.91 Å². The average molecular weight is 296 g/mol. The highest BCUT2D eigenvalue weighted by Gasteiger charge is 2.28. The second-order valence-electron chi connectivity index (χ2n) is 4.10. The van der Waals surface area contributed by atoms with E-state index in [1.165, 1.54) is 13.8 Å². The van der Waals surface area contributed by atoms with Gasteiger partial charge in [-0.25, -0.2) is 9.59 Å². The average Bonchev–Trinajstić information content (AvgIpc) is 2.32. The van der Waals surface area contributed by atoms with Crippen LogP contribution < -0.4 is 5.32 Å². The van der Waals surface area contributed by atoms with E-state index in [-0.39, 0.29) is 11.1 Å². The third-order valence-electron chi connectivity index (χ3n) is 2.52. The SMILES string of the molecule is CC(C(=O)O)=C(C)C(=O)NC(=O)N(C)CCC(F)(F)F. The molecule has 3 amide bonds. The molecule has 0 aromatic carbocycles. The number of nitrogens with zero attached hydrogens (tertiary/aromatic N) is 1. The lowest BCUT2D eigenvalue weighted by Gasteiger charge is -2.18. The summed E-state index contributed by atoms with van der Waals surface area (Å²) < 4.78 is 35.9. The molecule has 0 heterocycles. The quantitative estimate of drug-likeness (QED) is 0.770. The number of carboxylic acid groups (broad SMARTS) is 1. The van der Waals surface area contributed by atoms with Gasteiger partial charge in [-0.1, -0.05) is 0 Å². The lowest BCUT2D eigenvalue weighted by molar-refractivity contribution is -0.136. The summed E-state index contributed by atoms with van der Waals surface area (Å²) in [6, 6.07) is -1.03. The molecule has 114 valence electrons. The maximum Gasteiger partial charge on any atom is 0.390 e. The van der Waals surface area contributed by atoms with Crippen molar-refractivity contribution in [1.29, 1.82) is 0 Å². The van der Waals surface area contributed by atoms with Crippen molar-refractivity contribution in [3.63, 3.8) is 0 Å². The first-order valence-electron chi connectivity index (χ1n) is 5.49. The van der Waals surface area contributed by atoms with Crippen molar-refractivity contribution in [3.8, 4) is 0 Å². The van der Waals surface area contributed by atoms with E-state index in [9.17, 15) is 27.6 Å². The maximum absolute atomic E-state index is 12.0. The van der Waals surface area contributed by atoms with Gasteiger partial charge in [-0.2, -0.15) is 13.2 Å². The van der Waals surface area contributed by atoms with Crippen LogP contribution in [0.4, 0.5) is 18.0 Å². The van der Waals surface area contributed by atoms with Crippen molar-refractivity contribution < 1.29 is 32.7 Å². The van der Waals surface area contributed by atoms with Gasteiger partial charge < -0.3 is 10.0 Å². The number of urea groups is 1. The second-order valence-corrected chi connectivity index (χ2v) is 4.10. The van der Waals surface area contributed by atoms with E-state index in [2.05, 4.69) is 0 Å². The molecule has 0 saturated carbocycles. The van der Waals surface area contributed by atoms with Gasteiger partial charge in [0, 0.05) is 24.7 Å². The topological polar surface area (TPSA) is 86.7 Å². The summed E-state index contributed by atoms with van der Waals surface area (Å²) in [6.45, 7) is 1.76. The lowest BCUT2D eigenvalue weighted by Crippen LogP contribution is -2.42. The second kappa shape index (κ2) is 6.92. The van der Waals surface area contributed by atoms with Crippen molar-refractivity contribution in [2.75, 3.05) is 13.6 Å². The number of hydrogen-bond donors (Lipinski definition) is 2. The third-order valence-corrected chi connectivity index (χ3v) is 2.52. The van der Waals surface area contributed by atoms with Gasteiger partial charge in [-0.05, 0) is 13.8 Å². The Morgan fingerprint density at radius 1 is 1.15 bits per heavy atom. The number of alkyl halides is 3. The first-order valence-corrected chi connectivity index (χ1v) is 5.49. The molecule has 0 atom stereocenters. The molecule has 20 heavy (non-hydrogen) atoms. The molecule has 0 aliphatic rings. The number of nitrogens with one attached hydrogen (secondary N) is 1. The van der Waals surface area contributed by atoms with E-state index in [1.807, 2.05) is 5.32 Å². The molecule has 0 unspecified atom stereocenters. The summed E-state index contributed by atoms with van der Waals surface area (Å²) >= 11 is 0. The highest BCUT2D eigenvalue weighted by molar-refractivity contribution is 6.07. The predicted molar refractivity (Wildman–Crippen MR) is 62.9 cm³/mol. The normalized spacial score (nSPS) is 12.5. The van der Waals surface area contributed by atoms with Crippen LogP contribution in [0.25, 0.3) is 0 Å². The van der Waals surface area contributed by atoms with Crippen LogP contribution >= 0.6 is 0 Å². The molecule has 0 bridgehead atoms. The highest BCUT2D eigenvalue weighted by Crippen LogP contribution is 2.19. The van der Waals surface area contributed by atoms with Crippen LogP contribution in [0.15, 0.2) is 11.1 Å². The highest BCUT2D eigenvalue weighted by atomic mass is 19.4. The van der Waals surface area contributed by atoms with Crippen LogP contribution in [0.5, 0.6) is 0 Å². The van der Waals surface area contributed by atoms with Gasteiger partial charge in [0.05, 0.1) is 6.42 Å². The minimum absolute atomic E-state index is 0.199. The van der Waals surface area contributed by atoms with Gasteiger partial charge in [-0.3, -0.25) is 10.1 Å². The Morgan fingerprint density at radius 2 is 1.65 bits per heavy atom. The molecule has 0 rings (SSSR count). The van der Waals surface area contributed by atoms with E-state index in [1.54, 1.807) is 0 Å². The molecule has 0 radical (unpaired) electrons. The summed E-state index contributed by atoms with van der Waals surface area (Å²) in [5, 5.41) is 10.5. The van der Waals surface area contributed by atoms with Crippen molar-refractivity contribution in [3.05, 3.63) is 11.1 Å². The van der Waals surface area contributed by atoms with Gasteiger partial charge >= 0.3 is 18.2 Å². The number of amides is 3. The molecular weight excluding hydrogens is 281 g/mol. The molecule has 0 spiro atoms. The Hall–Kier alpha value is -2.06. The van der Waals surface area contributed by atoms with Crippen LogP contribution in [-0.2, 0) is 9.59 Å². The first kappa shape index (κ1) is 17.9. The van der Waals surface area contributed by atoms with Gasteiger partial charge in [0.1, 0.15) is 0 Å². The molecule has 0 aliphatic carbocycles. The molecule has 2 N–H and O–H groups in total. The smallest absolute Gasteiger partial charge is 0.390 e. The Labute approximate surface area is 113 Å². The van der Waals surface area contributed by atoms with Crippen LogP contribution in [-0.4, -0.2) is 47.7 Å². The van der Waals surface area contributed by atoms with Crippen molar-refractivity contribution >= 4 is 17.9 Å². The van der Waals surface area contributed by atoms with Crippen molar-refractivity contribution in [2.24, 2.45) is 0 Å². The molecule has 6 nitrogen and oxygen atoms in total. The molecule has 0 aliphatic heterocycles. The summed E-state index contributed by atoms with van der Waals surface area (Å²) in [5.41, 5.74) is -0.455. The predicted octanol–water partition coefficient (Wildman–Crippen LogP) is 1.53. The minimum Gasteiger partial charge on any atom is -0.478 e. The van der Waals surface area contributed by atoms with E-state index in [4.69, 9.17) is 5.11 Å². The van der Waals surface area contributed by atoms with E-state index in [0.29, 0.717) is 4.90 Å². The molecule has 0 aromatic heterocycles. The fourth-order valence-corrected chi connectivity index (χ4v) is 1.01. The van der Waals surface area contributed by atoms with Crippen LogP contribution in [0, 0.1) is 0 Å². The zero-order chi connectivity index (χ0) is 16.1. The Balaban J connectivity index is 4.58. The largest absolute Gasteiger partial charge is 0.478 e. The van der Waals surface area contributed by atoms with Crippen LogP contribution in [0.3, 0.4) is 0 Å². The Bertz CT molecular complexity index is 443. The van der Waals surface area contributed by atoms with Crippen molar-refractivity contribution in [2.45, 2.75) is 26.4 Å². The van der Waals surface area contributed by atoms with Crippen molar-refractivity contribution in [1.82, 2.24) is 10.2 Å². The first-order chi connectivity index (χ1) is 8.95. The van der Waals surface area contributed by atoms with Gasteiger partial charge in [-0.15, -0.1) is 0 Å². The Morgan fingerprint density at radius 3 is 2.05 bits per heavy atom. The van der Waals surface area contributed by atoms with Gasteiger partial charge in [0.2, 0.25) is 0 Å². The molecule has 9 heteroatoms. The number of imide groups is 1. The number of carbonyl (C=O) groups excluding carboxylic acids is 2. The van der Waals surface area contributed by atoms with E-state index in [0.717, 1.165) is 7.05 Å². The van der Waals surface area contributed by atoms with Gasteiger partial charge in [0.15, 0.2) is 0 Å². The fourth-order valence-electron chi connectivity index (χ4n) is 1.01.